The van der Waals surface area contributed by atoms with E-state index in [0.717, 1.165) is 12.3 Å². The molecule has 3 atom stereocenters. The van der Waals surface area contributed by atoms with Gasteiger partial charge in [-0.15, -0.1) is 10.2 Å². The molecule has 4 rings (SSSR count). The quantitative estimate of drug-likeness (QED) is 0.770. The van der Waals surface area contributed by atoms with Crippen molar-refractivity contribution >= 4 is 17.5 Å². The summed E-state index contributed by atoms with van der Waals surface area (Å²) in [6.45, 7) is 4.43. The van der Waals surface area contributed by atoms with E-state index in [0.29, 0.717) is 34.8 Å². The topological polar surface area (TPSA) is 59.2 Å². The molecule has 2 aromatic rings. The van der Waals surface area contributed by atoms with Crippen molar-refractivity contribution in [3.05, 3.63) is 35.2 Å². The third kappa shape index (κ3) is 3.25. The smallest absolute Gasteiger partial charge is 0.249 e. The van der Waals surface area contributed by atoms with Gasteiger partial charge >= 0.3 is 0 Å². The molecule has 3 unspecified atom stereocenters. The third-order valence-corrected chi connectivity index (χ3v) is 6.17. The van der Waals surface area contributed by atoms with Gasteiger partial charge in [0.25, 0.3) is 0 Å². The number of hydrogen-bond acceptors (Lipinski definition) is 4. The summed E-state index contributed by atoms with van der Waals surface area (Å²) in [4.78, 5) is 15.0. The van der Waals surface area contributed by atoms with Crippen LogP contribution >= 0.6 is 11.6 Å². The summed E-state index contributed by atoms with van der Waals surface area (Å²) in [6, 6.07) is 7.47. The average molecular weight is 374 g/mol. The Morgan fingerprint density at radius 2 is 2.08 bits per heavy atom. The maximum atomic E-state index is 13.1. The normalized spacial score (nSPS) is 24.4. The Balaban J connectivity index is 1.51. The van der Waals surface area contributed by atoms with E-state index in [1.807, 2.05) is 36.9 Å². The number of amides is 1. The van der Waals surface area contributed by atoms with Crippen LogP contribution in [-0.2, 0) is 11.3 Å². The lowest BCUT2D eigenvalue weighted by Gasteiger charge is -2.31. The van der Waals surface area contributed by atoms with Gasteiger partial charge in [0.2, 0.25) is 17.7 Å². The van der Waals surface area contributed by atoms with Crippen molar-refractivity contribution in [2.45, 2.75) is 52.1 Å². The van der Waals surface area contributed by atoms with E-state index < -0.39 is 0 Å². The van der Waals surface area contributed by atoms with E-state index >= 15 is 0 Å². The number of carbonyl (C=O) groups is 1. The summed E-state index contributed by atoms with van der Waals surface area (Å²) in [5.74, 6) is 2.56. The van der Waals surface area contributed by atoms with Crippen molar-refractivity contribution < 1.29 is 9.21 Å². The molecule has 0 aliphatic heterocycles. The van der Waals surface area contributed by atoms with Crippen LogP contribution in [0.2, 0.25) is 5.02 Å². The average Bonchev–Trinajstić information content (AvgIpc) is 3.36. The molecule has 0 radical (unpaired) electrons. The van der Waals surface area contributed by atoms with Crippen molar-refractivity contribution in [3.63, 3.8) is 0 Å². The van der Waals surface area contributed by atoms with Gasteiger partial charge in [0, 0.05) is 12.0 Å². The van der Waals surface area contributed by atoms with Crippen LogP contribution in [0.5, 0.6) is 0 Å². The van der Waals surface area contributed by atoms with Gasteiger partial charge in [0.1, 0.15) is 0 Å². The predicted molar refractivity (Wildman–Crippen MR) is 99.4 cm³/mol. The monoisotopic (exact) mass is 373 g/mol. The van der Waals surface area contributed by atoms with Crippen LogP contribution in [-0.4, -0.2) is 27.0 Å². The number of aromatic nitrogens is 2. The number of nitrogens with zero attached hydrogens (tertiary/aromatic N) is 3. The molecule has 0 saturated heterocycles. The Hall–Kier alpha value is -1.88. The Morgan fingerprint density at radius 3 is 2.73 bits per heavy atom. The van der Waals surface area contributed by atoms with Gasteiger partial charge in [-0.25, -0.2) is 0 Å². The Kier molecular flexibility index (Phi) is 4.74. The zero-order valence-corrected chi connectivity index (χ0v) is 15.9. The van der Waals surface area contributed by atoms with Gasteiger partial charge in [-0.05, 0) is 57.1 Å². The van der Waals surface area contributed by atoms with E-state index in [1.54, 1.807) is 6.07 Å². The second kappa shape index (κ2) is 7.03. The highest BCUT2D eigenvalue weighted by Crippen LogP contribution is 2.49. The van der Waals surface area contributed by atoms with Gasteiger partial charge in [-0.3, -0.25) is 4.79 Å². The van der Waals surface area contributed by atoms with E-state index in [1.165, 1.54) is 19.3 Å². The largest absolute Gasteiger partial charge is 0.419 e. The molecule has 1 amide bonds. The predicted octanol–water partition coefficient (Wildman–Crippen LogP) is 4.56. The van der Waals surface area contributed by atoms with Crippen LogP contribution in [0.4, 0.5) is 0 Å². The molecule has 1 aromatic heterocycles. The van der Waals surface area contributed by atoms with Gasteiger partial charge in [-0.1, -0.05) is 30.2 Å². The van der Waals surface area contributed by atoms with Gasteiger partial charge < -0.3 is 9.32 Å². The third-order valence-electron chi connectivity index (χ3n) is 5.84. The fourth-order valence-electron chi connectivity index (χ4n) is 4.48. The molecule has 1 aromatic carbocycles. The molecule has 26 heavy (non-hydrogen) atoms. The standard InChI is InChI=1S/C20H24ClN3O2/c1-12(2)24(20(25)16-10-13-7-8-14(16)9-13)11-18-22-23-19(26-18)15-5-3-4-6-17(15)21/h3-6,12-14,16H,7-11H2,1-2H3. The van der Waals surface area contributed by atoms with Crippen LogP contribution in [0, 0.1) is 17.8 Å². The van der Waals surface area contributed by atoms with E-state index in [9.17, 15) is 4.79 Å². The fourth-order valence-corrected chi connectivity index (χ4v) is 4.70. The lowest BCUT2D eigenvalue weighted by atomic mass is 9.87. The first-order valence-electron chi connectivity index (χ1n) is 9.40. The fraction of sp³-hybridized carbons (Fsp3) is 0.550. The highest BCUT2D eigenvalue weighted by atomic mass is 35.5. The van der Waals surface area contributed by atoms with E-state index in [-0.39, 0.29) is 17.9 Å². The lowest BCUT2D eigenvalue weighted by molar-refractivity contribution is -0.140. The zero-order valence-electron chi connectivity index (χ0n) is 15.2. The summed E-state index contributed by atoms with van der Waals surface area (Å²) in [5.41, 5.74) is 0.712. The number of benzene rings is 1. The number of hydrogen-bond donors (Lipinski definition) is 0. The van der Waals surface area contributed by atoms with Crippen LogP contribution in [0.25, 0.3) is 11.5 Å². The summed E-state index contributed by atoms with van der Waals surface area (Å²) < 4.78 is 5.81. The first-order valence-corrected chi connectivity index (χ1v) is 9.78. The number of fused-ring (bicyclic) bond motifs is 2. The van der Waals surface area contributed by atoms with Crippen LogP contribution < -0.4 is 0 Å². The molecule has 2 aliphatic rings. The summed E-state index contributed by atoms with van der Waals surface area (Å²) in [6.07, 6.45) is 4.76. The molecule has 6 heteroatoms. The minimum Gasteiger partial charge on any atom is -0.419 e. The van der Waals surface area contributed by atoms with E-state index in [2.05, 4.69) is 10.2 Å². The number of carbonyl (C=O) groups excluding carboxylic acids is 1. The highest BCUT2D eigenvalue weighted by Gasteiger charge is 2.44. The number of rotatable bonds is 5. The molecule has 2 fully saturated rings. The molecule has 0 spiro atoms. The Bertz CT molecular complexity index is 804. The van der Waals surface area contributed by atoms with Crippen molar-refractivity contribution in [2.75, 3.05) is 0 Å². The Labute approximate surface area is 158 Å². The van der Waals surface area contributed by atoms with Gasteiger partial charge in [0.15, 0.2) is 0 Å². The van der Waals surface area contributed by atoms with Crippen molar-refractivity contribution in [1.29, 1.82) is 0 Å². The second-order valence-corrected chi connectivity index (χ2v) is 8.23. The minimum atomic E-state index is 0.0947. The highest BCUT2D eigenvalue weighted by molar-refractivity contribution is 6.33. The molecule has 138 valence electrons. The summed E-state index contributed by atoms with van der Waals surface area (Å²) in [5, 5.41) is 8.83. The summed E-state index contributed by atoms with van der Waals surface area (Å²) >= 11 is 6.20. The summed E-state index contributed by atoms with van der Waals surface area (Å²) in [7, 11) is 0. The van der Waals surface area contributed by atoms with E-state index in [4.69, 9.17) is 16.0 Å². The minimum absolute atomic E-state index is 0.0947. The van der Waals surface area contributed by atoms with Gasteiger partial charge in [0.05, 0.1) is 17.1 Å². The molecule has 2 saturated carbocycles. The first kappa shape index (κ1) is 17.5. The second-order valence-electron chi connectivity index (χ2n) is 7.82. The number of halogens is 1. The van der Waals surface area contributed by atoms with Crippen LogP contribution in [0.1, 0.15) is 45.4 Å². The molecule has 1 heterocycles. The molecular weight excluding hydrogens is 350 g/mol. The maximum absolute atomic E-state index is 13.1. The van der Waals surface area contributed by atoms with Gasteiger partial charge in [-0.2, -0.15) is 0 Å². The first-order chi connectivity index (χ1) is 12.5. The molecule has 2 bridgehead atoms. The van der Waals surface area contributed by atoms with Crippen LogP contribution in [0.3, 0.4) is 0 Å². The maximum Gasteiger partial charge on any atom is 0.249 e. The van der Waals surface area contributed by atoms with Crippen LogP contribution in [0.15, 0.2) is 28.7 Å². The molecule has 5 nitrogen and oxygen atoms in total. The molecule has 2 aliphatic carbocycles. The van der Waals surface area contributed by atoms with Crippen molar-refractivity contribution in [2.24, 2.45) is 17.8 Å². The zero-order chi connectivity index (χ0) is 18.3. The Morgan fingerprint density at radius 1 is 1.27 bits per heavy atom. The lowest BCUT2D eigenvalue weighted by Crippen LogP contribution is -2.42. The van der Waals surface area contributed by atoms with Crippen molar-refractivity contribution in [3.8, 4) is 11.5 Å². The SMILES string of the molecule is CC(C)N(Cc1nnc(-c2ccccc2Cl)o1)C(=O)C1CC2CCC1C2. The van der Waals surface area contributed by atoms with Crippen molar-refractivity contribution in [1.82, 2.24) is 15.1 Å². The molecular formula is C20H24ClN3O2. The molecule has 0 N–H and O–H groups in total.